The van der Waals surface area contributed by atoms with E-state index < -0.39 is 16.8 Å². The van der Waals surface area contributed by atoms with Crippen molar-refractivity contribution in [3.63, 3.8) is 0 Å². The van der Waals surface area contributed by atoms with Gasteiger partial charge >= 0.3 is 5.97 Å². The molecule has 0 bridgehead atoms. The molecule has 0 aliphatic rings. The quantitative estimate of drug-likeness (QED) is 0.402. The summed E-state index contributed by atoms with van der Waals surface area (Å²) in [5.74, 6) is -1.69. The van der Waals surface area contributed by atoms with Gasteiger partial charge in [-0.2, -0.15) is 0 Å². The number of methoxy groups -OCH3 is 1. The second-order valence-corrected chi connectivity index (χ2v) is 7.24. The monoisotopic (exact) mass is 419 g/mol. The number of nitrogens with zero attached hydrogens (tertiary/aromatic N) is 1. The van der Waals surface area contributed by atoms with Gasteiger partial charge in [-0.25, -0.2) is 4.79 Å². The van der Waals surface area contributed by atoms with Crippen LogP contribution in [-0.2, 0) is 4.74 Å². The van der Waals surface area contributed by atoms with Crippen LogP contribution in [0, 0.1) is 24.0 Å². The number of amides is 2. The molecule has 0 saturated carbocycles. The highest BCUT2D eigenvalue weighted by Crippen LogP contribution is 2.34. The SMILES string of the molecule is CCCNC(=O)c1sc(NC(=O)c2ccc(C)c([N+](=O)[O-])c2)c(C(=O)OC)c1C. The van der Waals surface area contributed by atoms with E-state index in [1.165, 1.54) is 19.2 Å². The van der Waals surface area contributed by atoms with Crippen molar-refractivity contribution in [1.29, 1.82) is 0 Å². The summed E-state index contributed by atoms with van der Waals surface area (Å²) in [5.41, 5.74) is 0.757. The molecule has 0 saturated heterocycles. The summed E-state index contributed by atoms with van der Waals surface area (Å²) >= 11 is 0.946. The molecular formula is C19H21N3O6S. The summed E-state index contributed by atoms with van der Waals surface area (Å²) in [7, 11) is 1.20. The summed E-state index contributed by atoms with van der Waals surface area (Å²) in [6.45, 7) is 5.54. The van der Waals surface area contributed by atoms with Crippen LogP contribution in [0.25, 0.3) is 0 Å². The molecule has 0 aliphatic carbocycles. The highest BCUT2D eigenvalue weighted by Gasteiger charge is 2.27. The lowest BCUT2D eigenvalue weighted by Crippen LogP contribution is -2.23. The number of hydrogen-bond acceptors (Lipinski definition) is 7. The highest BCUT2D eigenvalue weighted by atomic mass is 32.1. The van der Waals surface area contributed by atoms with E-state index in [-0.39, 0.29) is 32.6 Å². The second-order valence-electron chi connectivity index (χ2n) is 6.22. The van der Waals surface area contributed by atoms with Gasteiger partial charge < -0.3 is 15.4 Å². The van der Waals surface area contributed by atoms with Crippen LogP contribution in [0.3, 0.4) is 0 Å². The number of ether oxygens (including phenoxy) is 1. The van der Waals surface area contributed by atoms with Crippen LogP contribution in [0.1, 0.15) is 54.9 Å². The molecule has 1 aromatic carbocycles. The molecular weight excluding hydrogens is 398 g/mol. The summed E-state index contributed by atoms with van der Waals surface area (Å²) in [6.07, 6.45) is 0.746. The third kappa shape index (κ3) is 4.77. The molecule has 0 unspecified atom stereocenters. The molecule has 29 heavy (non-hydrogen) atoms. The van der Waals surface area contributed by atoms with Gasteiger partial charge in [-0.15, -0.1) is 11.3 Å². The highest BCUT2D eigenvalue weighted by molar-refractivity contribution is 7.18. The topological polar surface area (TPSA) is 128 Å². The van der Waals surface area contributed by atoms with Gasteiger partial charge in [-0.3, -0.25) is 19.7 Å². The summed E-state index contributed by atoms with van der Waals surface area (Å²) in [5, 5.41) is 16.6. The van der Waals surface area contributed by atoms with Crippen LogP contribution in [-0.4, -0.2) is 36.4 Å². The molecule has 2 rings (SSSR count). The Labute approximate surface area is 171 Å². The molecule has 0 spiro atoms. The first-order chi connectivity index (χ1) is 13.7. The molecule has 0 fully saturated rings. The van der Waals surface area contributed by atoms with E-state index >= 15 is 0 Å². The van der Waals surface area contributed by atoms with E-state index in [4.69, 9.17) is 4.74 Å². The Bertz CT molecular complexity index is 983. The Kier molecular flexibility index (Phi) is 7.05. The van der Waals surface area contributed by atoms with E-state index in [0.717, 1.165) is 23.8 Å². The predicted octanol–water partition coefficient (Wildman–Crippen LogP) is 3.45. The average molecular weight is 419 g/mol. The predicted molar refractivity (Wildman–Crippen MR) is 109 cm³/mol. The van der Waals surface area contributed by atoms with Crippen molar-refractivity contribution in [1.82, 2.24) is 5.32 Å². The Morgan fingerprint density at radius 1 is 1.21 bits per heavy atom. The normalized spacial score (nSPS) is 10.3. The van der Waals surface area contributed by atoms with Gasteiger partial charge in [0.05, 0.1) is 22.5 Å². The Hall–Kier alpha value is -3.27. The van der Waals surface area contributed by atoms with Gasteiger partial charge in [0.1, 0.15) is 5.00 Å². The molecule has 1 aromatic heterocycles. The van der Waals surface area contributed by atoms with Crippen LogP contribution in [0.15, 0.2) is 18.2 Å². The van der Waals surface area contributed by atoms with Crippen LogP contribution in [0.5, 0.6) is 0 Å². The number of nitro benzene ring substituents is 1. The molecule has 154 valence electrons. The maximum absolute atomic E-state index is 12.6. The first-order valence-electron chi connectivity index (χ1n) is 8.77. The minimum Gasteiger partial charge on any atom is -0.465 e. The van der Waals surface area contributed by atoms with Gasteiger partial charge in [0.25, 0.3) is 17.5 Å². The first-order valence-corrected chi connectivity index (χ1v) is 9.59. The molecule has 9 nitrogen and oxygen atoms in total. The van der Waals surface area contributed by atoms with E-state index in [1.807, 2.05) is 6.92 Å². The first kappa shape index (κ1) is 22.0. The lowest BCUT2D eigenvalue weighted by atomic mass is 10.1. The number of nitro groups is 1. The van der Waals surface area contributed by atoms with Crippen LogP contribution in [0.2, 0.25) is 0 Å². The molecule has 0 radical (unpaired) electrons. The average Bonchev–Trinajstić information content (AvgIpc) is 3.01. The lowest BCUT2D eigenvalue weighted by Gasteiger charge is -2.07. The van der Waals surface area contributed by atoms with Crippen LogP contribution < -0.4 is 10.6 Å². The molecule has 2 aromatic rings. The number of benzene rings is 1. The molecule has 10 heteroatoms. The standard InChI is InChI=1S/C19H21N3O6S/c1-5-8-20-17(24)15-11(3)14(19(25)28-4)18(29-15)21-16(23)12-7-6-10(2)13(9-12)22(26)27/h6-7,9H,5,8H2,1-4H3,(H,20,24)(H,21,23). The van der Waals surface area contributed by atoms with Crippen molar-refractivity contribution in [3.8, 4) is 0 Å². The van der Waals surface area contributed by atoms with Gasteiger partial charge in [0.2, 0.25) is 0 Å². The number of thiophene rings is 1. The number of hydrogen-bond donors (Lipinski definition) is 2. The van der Waals surface area contributed by atoms with Crippen LogP contribution in [0.4, 0.5) is 10.7 Å². The van der Waals surface area contributed by atoms with Crippen molar-refractivity contribution in [2.24, 2.45) is 0 Å². The number of rotatable bonds is 7. The number of aryl methyl sites for hydroxylation is 1. The van der Waals surface area contributed by atoms with Gasteiger partial charge in [0, 0.05) is 23.7 Å². The third-order valence-corrected chi connectivity index (χ3v) is 5.38. The summed E-state index contributed by atoms with van der Waals surface area (Å²) < 4.78 is 4.78. The van der Waals surface area contributed by atoms with E-state index in [2.05, 4.69) is 10.6 Å². The number of esters is 1. The zero-order valence-corrected chi connectivity index (χ0v) is 17.3. The Morgan fingerprint density at radius 3 is 2.48 bits per heavy atom. The minimum absolute atomic E-state index is 0.0566. The number of anilines is 1. The summed E-state index contributed by atoms with van der Waals surface area (Å²) in [4.78, 5) is 48.1. The minimum atomic E-state index is -0.696. The van der Waals surface area contributed by atoms with E-state index in [0.29, 0.717) is 17.7 Å². The molecule has 0 aliphatic heterocycles. The maximum atomic E-state index is 12.6. The van der Waals surface area contributed by atoms with Gasteiger partial charge in [0.15, 0.2) is 0 Å². The van der Waals surface area contributed by atoms with Crippen molar-refractivity contribution >= 4 is 39.8 Å². The molecule has 2 amide bonds. The fourth-order valence-electron chi connectivity index (χ4n) is 2.61. The second kappa shape index (κ2) is 9.28. The van der Waals surface area contributed by atoms with E-state index in [1.54, 1.807) is 13.8 Å². The Morgan fingerprint density at radius 2 is 1.90 bits per heavy atom. The molecule has 1 heterocycles. The smallest absolute Gasteiger partial charge is 0.341 e. The summed E-state index contributed by atoms with van der Waals surface area (Å²) in [6, 6.07) is 4.08. The third-order valence-electron chi connectivity index (χ3n) is 4.17. The van der Waals surface area contributed by atoms with Gasteiger partial charge in [-0.05, 0) is 31.9 Å². The van der Waals surface area contributed by atoms with Crippen molar-refractivity contribution in [3.05, 3.63) is 55.4 Å². The lowest BCUT2D eigenvalue weighted by molar-refractivity contribution is -0.385. The van der Waals surface area contributed by atoms with Gasteiger partial charge in [-0.1, -0.05) is 13.0 Å². The zero-order chi connectivity index (χ0) is 21.7. The number of nitrogens with one attached hydrogen (secondary N) is 2. The number of carbonyl (C=O) groups excluding carboxylic acids is 3. The molecule has 0 atom stereocenters. The van der Waals surface area contributed by atoms with Crippen molar-refractivity contribution < 1.29 is 24.0 Å². The largest absolute Gasteiger partial charge is 0.465 e. The van der Waals surface area contributed by atoms with Crippen LogP contribution >= 0.6 is 11.3 Å². The van der Waals surface area contributed by atoms with E-state index in [9.17, 15) is 24.5 Å². The molecule has 2 N–H and O–H groups in total. The fourth-order valence-corrected chi connectivity index (χ4v) is 3.71. The fraction of sp³-hybridized carbons (Fsp3) is 0.316. The number of carbonyl (C=O) groups is 3. The maximum Gasteiger partial charge on any atom is 0.341 e. The Balaban J connectivity index is 2.42. The zero-order valence-electron chi connectivity index (χ0n) is 16.5. The van der Waals surface area contributed by atoms with Crippen molar-refractivity contribution in [2.45, 2.75) is 27.2 Å². The van der Waals surface area contributed by atoms with Crippen molar-refractivity contribution in [2.75, 3.05) is 19.0 Å².